The summed E-state index contributed by atoms with van der Waals surface area (Å²) >= 11 is 1.17. The Morgan fingerprint density at radius 1 is 1.29 bits per heavy atom. The van der Waals surface area contributed by atoms with Crippen LogP contribution >= 0.6 is 11.3 Å². The molecule has 1 aromatic heterocycles. The number of hydrogen-bond acceptors (Lipinski definition) is 4. The molecule has 1 heterocycles. The van der Waals surface area contributed by atoms with Gasteiger partial charge < -0.3 is 5.32 Å². The van der Waals surface area contributed by atoms with Crippen molar-refractivity contribution in [2.24, 2.45) is 0 Å². The van der Waals surface area contributed by atoms with Crippen LogP contribution in [0.25, 0.3) is 0 Å². The van der Waals surface area contributed by atoms with Gasteiger partial charge in [-0.25, -0.2) is 12.8 Å². The topological polar surface area (TPSA) is 58.2 Å². The molecule has 4 nitrogen and oxygen atoms in total. The highest BCUT2D eigenvalue weighted by Gasteiger charge is 2.21. The average Bonchev–Trinajstić information content (AvgIpc) is 3.12. The number of anilines is 1. The maximum absolute atomic E-state index is 13.1. The van der Waals surface area contributed by atoms with Crippen LogP contribution in [-0.4, -0.2) is 14.5 Å². The van der Waals surface area contributed by atoms with E-state index in [1.165, 1.54) is 42.4 Å². The van der Waals surface area contributed by atoms with Crippen LogP contribution < -0.4 is 10.0 Å². The quantitative estimate of drug-likeness (QED) is 0.858. The monoisotopic (exact) mass is 326 g/mol. The molecule has 0 saturated heterocycles. The molecule has 0 atom stereocenters. The molecule has 0 amide bonds. The first-order valence-corrected chi connectivity index (χ1v) is 8.98. The summed E-state index contributed by atoms with van der Waals surface area (Å²) in [4.78, 5) is 0. The van der Waals surface area contributed by atoms with Gasteiger partial charge in [-0.3, -0.25) is 4.72 Å². The first-order chi connectivity index (χ1) is 10.0. The highest BCUT2D eigenvalue weighted by Crippen LogP contribution is 2.25. The number of thiophene rings is 1. The van der Waals surface area contributed by atoms with Crippen molar-refractivity contribution in [3.05, 3.63) is 47.1 Å². The van der Waals surface area contributed by atoms with E-state index >= 15 is 0 Å². The lowest BCUT2D eigenvalue weighted by atomic mass is 10.3. The standard InChI is InChI=1S/C14H15FN2O2S2/c15-11-2-1-3-13(7-11)17-21(18,19)14-6-10(9-20-14)8-16-12-4-5-12/h1-3,6-7,9,12,16-17H,4-5,8H2. The van der Waals surface area contributed by atoms with Crippen LogP contribution in [0.1, 0.15) is 18.4 Å². The van der Waals surface area contributed by atoms with Crippen LogP contribution in [-0.2, 0) is 16.6 Å². The predicted octanol–water partition coefficient (Wildman–Crippen LogP) is 2.94. The summed E-state index contributed by atoms with van der Waals surface area (Å²) in [6.45, 7) is 0.677. The smallest absolute Gasteiger partial charge is 0.271 e. The molecule has 1 aromatic carbocycles. The van der Waals surface area contributed by atoms with Gasteiger partial charge in [0, 0.05) is 12.6 Å². The molecule has 1 fully saturated rings. The molecule has 0 bridgehead atoms. The zero-order valence-corrected chi connectivity index (χ0v) is 12.8. The van der Waals surface area contributed by atoms with E-state index in [1.54, 1.807) is 6.07 Å². The molecule has 21 heavy (non-hydrogen) atoms. The molecule has 0 radical (unpaired) electrons. The first kappa shape index (κ1) is 14.5. The lowest BCUT2D eigenvalue weighted by Gasteiger charge is -2.05. The number of rotatable bonds is 6. The fourth-order valence-electron chi connectivity index (χ4n) is 1.89. The molecule has 2 N–H and O–H groups in total. The third-order valence-electron chi connectivity index (χ3n) is 3.14. The maximum Gasteiger partial charge on any atom is 0.271 e. The zero-order valence-electron chi connectivity index (χ0n) is 11.2. The summed E-state index contributed by atoms with van der Waals surface area (Å²) in [7, 11) is -3.66. The summed E-state index contributed by atoms with van der Waals surface area (Å²) in [5, 5.41) is 5.17. The Labute approximate surface area is 127 Å². The van der Waals surface area contributed by atoms with Crippen molar-refractivity contribution in [3.63, 3.8) is 0 Å². The van der Waals surface area contributed by atoms with Crippen LogP contribution in [0.2, 0.25) is 0 Å². The van der Waals surface area contributed by atoms with Crippen molar-refractivity contribution in [2.75, 3.05) is 4.72 Å². The second kappa shape index (κ2) is 5.75. The van der Waals surface area contributed by atoms with Crippen LogP contribution in [0, 0.1) is 5.82 Å². The molecule has 1 aliphatic carbocycles. The molecule has 2 aromatic rings. The van der Waals surface area contributed by atoms with Gasteiger partial charge in [-0.2, -0.15) is 0 Å². The molecule has 1 saturated carbocycles. The minimum Gasteiger partial charge on any atom is -0.310 e. The second-order valence-electron chi connectivity index (χ2n) is 5.05. The van der Waals surface area contributed by atoms with Gasteiger partial charge in [-0.05, 0) is 48.1 Å². The van der Waals surface area contributed by atoms with Crippen LogP contribution in [0.5, 0.6) is 0 Å². The normalized spacial score (nSPS) is 15.1. The highest BCUT2D eigenvalue weighted by molar-refractivity contribution is 7.94. The Kier molecular flexibility index (Phi) is 3.97. The zero-order chi connectivity index (χ0) is 14.9. The Morgan fingerprint density at radius 3 is 2.81 bits per heavy atom. The van der Waals surface area contributed by atoms with Gasteiger partial charge in [0.05, 0.1) is 5.69 Å². The van der Waals surface area contributed by atoms with E-state index in [1.807, 2.05) is 5.38 Å². The lowest BCUT2D eigenvalue weighted by Crippen LogP contribution is -2.15. The van der Waals surface area contributed by atoms with E-state index in [9.17, 15) is 12.8 Å². The van der Waals surface area contributed by atoms with Crippen molar-refractivity contribution in [2.45, 2.75) is 29.6 Å². The predicted molar refractivity (Wildman–Crippen MR) is 81.4 cm³/mol. The van der Waals surface area contributed by atoms with Crippen molar-refractivity contribution < 1.29 is 12.8 Å². The van der Waals surface area contributed by atoms with Crippen molar-refractivity contribution in [3.8, 4) is 0 Å². The molecule has 0 unspecified atom stereocenters. The number of hydrogen-bond donors (Lipinski definition) is 2. The summed E-state index contributed by atoms with van der Waals surface area (Å²) in [6, 6.07) is 7.64. The summed E-state index contributed by atoms with van der Waals surface area (Å²) in [5.41, 5.74) is 1.17. The number of sulfonamides is 1. The van der Waals surface area contributed by atoms with Crippen LogP contribution in [0.3, 0.4) is 0 Å². The molecule has 0 spiro atoms. The maximum atomic E-state index is 13.1. The van der Waals surface area contributed by atoms with Gasteiger partial charge in [-0.15, -0.1) is 11.3 Å². The molecular formula is C14H15FN2O2S2. The van der Waals surface area contributed by atoms with Gasteiger partial charge in [0.2, 0.25) is 0 Å². The Bertz CT molecular complexity index is 739. The first-order valence-electron chi connectivity index (χ1n) is 6.62. The Morgan fingerprint density at radius 2 is 2.10 bits per heavy atom. The minimum absolute atomic E-state index is 0.223. The van der Waals surface area contributed by atoms with E-state index in [-0.39, 0.29) is 9.90 Å². The molecule has 0 aliphatic heterocycles. The minimum atomic E-state index is -3.66. The van der Waals surface area contributed by atoms with E-state index in [2.05, 4.69) is 10.0 Å². The number of halogens is 1. The van der Waals surface area contributed by atoms with Crippen LogP contribution in [0.4, 0.5) is 10.1 Å². The van der Waals surface area contributed by atoms with Gasteiger partial charge in [-0.1, -0.05) is 6.07 Å². The molecule has 112 valence electrons. The van der Waals surface area contributed by atoms with Gasteiger partial charge in [0.25, 0.3) is 10.0 Å². The van der Waals surface area contributed by atoms with E-state index < -0.39 is 15.8 Å². The molecule has 7 heteroatoms. The fourth-order valence-corrected chi connectivity index (χ4v) is 4.15. The Balaban J connectivity index is 1.71. The van der Waals surface area contributed by atoms with Crippen LogP contribution in [0.15, 0.2) is 39.9 Å². The van der Waals surface area contributed by atoms with E-state index in [4.69, 9.17) is 0 Å². The fraction of sp³-hybridized carbons (Fsp3) is 0.286. The average molecular weight is 326 g/mol. The summed E-state index contributed by atoms with van der Waals surface area (Å²) in [6.07, 6.45) is 2.38. The third kappa shape index (κ3) is 3.81. The Hall–Kier alpha value is -1.44. The second-order valence-corrected chi connectivity index (χ2v) is 7.87. The molecule has 3 rings (SSSR count). The van der Waals surface area contributed by atoms with E-state index in [0.29, 0.717) is 12.6 Å². The molecule has 1 aliphatic rings. The van der Waals surface area contributed by atoms with Crippen molar-refractivity contribution >= 4 is 27.0 Å². The van der Waals surface area contributed by atoms with Crippen molar-refractivity contribution in [1.82, 2.24) is 5.32 Å². The number of nitrogens with one attached hydrogen (secondary N) is 2. The van der Waals surface area contributed by atoms with Crippen molar-refractivity contribution in [1.29, 1.82) is 0 Å². The van der Waals surface area contributed by atoms with Gasteiger partial charge in [0.15, 0.2) is 0 Å². The SMILES string of the molecule is O=S(=O)(Nc1cccc(F)c1)c1cc(CNC2CC2)cs1. The highest BCUT2D eigenvalue weighted by atomic mass is 32.2. The summed E-state index contributed by atoms with van der Waals surface area (Å²) < 4.78 is 40.2. The third-order valence-corrected chi connectivity index (χ3v) is 6.01. The molecular weight excluding hydrogens is 311 g/mol. The van der Waals surface area contributed by atoms with E-state index in [0.717, 1.165) is 11.6 Å². The number of benzene rings is 1. The van der Waals surface area contributed by atoms with Gasteiger partial charge >= 0.3 is 0 Å². The van der Waals surface area contributed by atoms with Gasteiger partial charge in [0.1, 0.15) is 10.0 Å². The lowest BCUT2D eigenvalue weighted by molar-refractivity contribution is 0.603. The summed E-state index contributed by atoms with van der Waals surface area (Å²) in [5.74, 6) is -0.476. The largest absolute Gasteiger partial charge is 0.310 e.